The van der Waals surface area contributed by atoms with E-state index in [1.807, 2.05) is 4.90 Å². The molecule has 1 amide bonds. The van der Waals surface area contributed by atoms with Crippen molar-refractivity contribution in [2.45, 2.75) is 18.9 Å². The largest absolute Gasteiger partial charge is 0.467 e. The van der Waals surface area contributed by atoms with Crippen LogP contribution in [0.15, 0.2) is 22.8 Å². The lowest BCUT2D eigenvalue weighted by molar-refractivity contribution is -0.134. The van der Waals surface area contributed by atoms with E-state index in [1.54, 1.807) is 18.4 Å². The first-order valence-corrected chi connectivity index (χ1v) is 6.96. The topological polar surface area (TPSA) is 56.9 Å². The molecule has 1 aliphatic heterocycles. The van der Waals surface area contributed by atoms with E-state index in [0.717, 1.165) is 39.0 Å². The van der Waals surface area contributed by atoms with Crippen LogP contribution in [0.25, 0.3) is 0 Å². The SMILES string of the molecule is O=C(C1CC1)N1CCN(C[C@@H](O)c2ccco2)CC1. The standard InChI is InChI=1S/C14H20N2O3/c17-12(13-2-1-9-19-13)10-15-5-7-16(8-6-15)14(18)11-3-4-11/h1-2,9,11-12,17H,3-8,10H2/t12-/m1/s1. The van der Waals surface area contributed by atoms with Crippen molar-refractivity contribution in [2.24, 2.45) is 5.92 Å². The highest BCUT2D eigenvalue weighted by Gasteiger charge is 2.34. The molecule has 0 radical (unpaired) electrons. The summed E-state index contributed by atoms with van der Waals surface area (Å²) in [7, 11) is 0. The molecule has 0 aromatic carbocycles. The molecule has 104 valence electrons. The molecule has 0 bridgehead atoms. The number of hydrogen-bond donors (Lipinski definition) is 1. The molecule has 1 aliphatic carbocycles. The fourth-order valence-corrected chi connectivity index (χ4v) is 2.55. The molecule has 0 unspecified atom stereocenters. The van der Waals surface area contributed by atoms with Crippen molar-refractivity contribution in [3.8, 4) is 0 Å². The molecule has 5 nitrogen and oxygen atoms in total. The van der Waals surface area contributed by atoms with Crippen LogP contribution in [0.5, 0.6) is 0 Å². The smallest absolute Gasteiger partial charge is 0.225 e. The van der Waals surface area contributed by atoms with Crippen LogP contribution in [0.4, 0.5) is 0 Å². The quantitative estimate of drug-likeness (QED) is 0.876. The Morgan fingerprint density at radius 2 is 2.11 bits per heavy atom. The number of amides is 1. The zero-order valence-corrected chi connectivity index (χ0v) is 11.0. The third-order valence-electron chi connectivity index (χ3n) is 3.91. The Labute approximate surface area is 112 Å². The fourth-order valence-electron chi connectivity index (χ4n) is 2.55. The third-order valence-corrected chi connectivity index (χ3v) is 3.91. The molecule has 1 aromatic heterocycles. The molecule has 1 aromatic rings. The second kappa shape index (κ2) is 5.35. The highest BCUT2D eigenvalue weighted by atomic mass is 16.4. The number of piperazine rings is 1. The van der Waals surface area contributed by atoms with Crippen molar-refractivity contribution in [3.63, 3.8) is 0 Å². The molecule has 19 heavy (non-hydrogen) atoms. The number of carbonyl (C=O) groups excluding carboxylic acids is 1. The van der Waals surface area contributed by atoms with Gasteiger partial charge in [0.15, 0.2) is 0 Å². The molecular weight excluding hydrogens is 244 g/mol. The fraction of sp³-hybridized carbons (Fsp3) is 0.643. The molecule has 1 saturated heterocycles. The maximum absolute atomic E-state index is 11.9. The number of β-amino-alcohol motifs (C(OH)–C–C–N with tert-alkyl or cyclic N) is 1. The molecule has 3 rings (SSSR count). The summed E-state index contributed by atoms with van der Waals surface area (Å²) in [5.74, 6) is 1.24. The zero-order valence-electron chi connectivity index (χ0n) is 11.0. The van der Waals surface area contributed by atoms with Gasteiger partial charge in [0.1, 0.15) is 11.9 Å². The van der Waals surface area contributed by atoms with Crippen molar-refractivity contribution >= 4 is 5.91 Å². The second-order valence-electron chi connectivity index (χ2n) is 5.43. The lowest BCUT2D eigenvalue weighted by atomic mass is 10.2. The van der Waals surface area contributed by atoms with Gasteiger partial charge in [0.25, 0.3) is 0 Å². The normalized spacial score (nSPS) is 22.5. The molecule has 2 aliphatic rings. The van der Waals surface area contributed by atoms with Crippen molar-refractivity contribution in [3.05, 3.63) is 24.2 Å². The first kappa shape index (κ1) is 12.7. The maximum Gasteiger partial charge on any atom is 0.225 e. The lowest BCUT2D eigenvalue weighted by Gasteiger charge is -2.35. The van der Waals surface area contributed by atoms with Gasteiger partial charge >= 0.3 is 0 Å². The Morgan fingerprint density at radius 3 is 2.68 bits per heavy atom. The molecule has 0 spiro atoms. The van der Waals surface area contributed by atoms with E-state index in [1.165, 1.54) is 0 Å². The number of aliphatic hydroxyl groups excluding tert-OH is 1. The number of carbonyl (C=O) groups is 1. The summed E-state index contributed by atoms with van der Waals surface area (Å²) in [5.41, 5.74) is 0. The average molecular weight is 264 g/mol. The van der Waals surface area contributed by atoms with Crippen LogP contribution in [0, 0.1) is 5.92 Å². The highest BCUT2D eigenvalue weighted by Crippen LogP contribution is 2.31. The molecule has 5 heteroatoms. The molecule has 1 N–H and O–H groups in total. The molecule has 2 fully saturated rings. The van der Waals surface area contributed by atoms with Gasteiger partial charge in [-0.25, -0.2) is 0 Å². The monoisotopic (exact) mass is 264 g/mol. The van der Waals surface area contributed by atoms with Gasteiger partial charge in [0.2, 0.25) is 5.91 Å². The summed E-state index contributed by atoms with van der Waals surface area (Å²) in [6.07, 6.45) is 3.12. The van der Waals surface area contributed by atoms with Gasteiger partial charge in [0, 0.05) is 38.6 Å². The van der Waals surface area contributed by atoms with Crippen molar-refractivity contribution in [2.75, 3.05) is 32.7 Å². The average Bonchev–Trinajstić information content (AvgIpc) is 3.13. The van der Waals surface area contributed by atoms with E-state index in [0.29, 0.717) is 24.1 Å². The maximum atomic E-state index is 11.9. The molecule has 2 heterocycles. The summed E-state index contributed by atoms with van der Waals surface area (Å²) >= 11 is 0. The van der Waals surface area contributed by atoms with Gasteiger partial charge < -0.3 is 14.4 Å². The Bertz CT molecular complexity index is 420. The summed E-state index contributed by atoms with van der Waals surface area (Å²) in [6.45, 7) is 3.78. The molecular formula is C14H20N2O3. The van der Waals surface area contributed by atoms with Crippen LogP contribution in [-0.4, -0.2) is 53.5 Å². The van der Waals surface area contributed by atoms with E-state index in [-0.39, 0.29) is 0 Å². The van der Waals surface area contributed by atoms with Gasteiger partial charge in [-0.2, -0.15) is 0 Å². The molecule has 1 saturated carbocycles. The van der Waals surface area contributed by atoms with E-state index >= 15 is 0 Å². The number of nitrogens with zero attached hydrogens (tertiary/aromatic N) is 2. The van der Waals surface area contributed by atoms with E-state index < -0.39 is 6.10 Å². The minimum absolute atomic E-state index is 0.306. The summed E-state index contributed by atoms with van der Waals surface area (Å²) < 4.78 is 5.19. The Kier molecular flexibility index (Phi) is 3.57. The van der Waals surface area contributed by atoms with E-state index in [4.69, 9.17) is 4.42 Å². The van der Waals surface area contributed by atoms with Crippen LogP contribution in [0.3, 0.4) is 0 Å². The predicted octanol–water partition coefficient (Wildman–Crippen LogP) is 0.867. The van der Waals surface area contributed by atoms with Crippen LogP contribution in [0.2, 0.25) is 0 Å². The van der Waals surface area contributed by atoms with Gasteiger partial charge in [-0.15, -0.1) is 0 Å². The van der Waals surface area contributed by atoms with Crippen molar-refractivity contribution in [1.82, 2.24) is 9.80 Å². The van der Waals surface area contributed by atoms with Crippen LogP contribution in [-0.2, 0) is 4.79 Å². The summed E-state index contributed by atoms with van der Waals surface area (Å²) in [4.78, 5) is 16.1. The Hall–Kier alpha value is -1.33. The highest BCUT2D eigenvalue weighted by molar-refractivity contribution is 5.81. The molecule has 1 atom stereocenters. The Balaban J connectivity index is 1.46. The van der Waals surface area contributed by atoms with Gasteiger partial charge in [-0.3, -0.25) is 9.69 Å². The number of rotatable bonds is 4. The van der Waals surface area contributed by atoms with Crippen LogP contribution >= 0.6 is 0 Å². The minimum Gasteiger partial charge on any atom is -0.467 e. The third kappa shape index (κ3) is 2.98. The van der Waals surface area contributed by atoms with E-state index in [9.17, 15) is 9.90 Å². The number of hydrogen-bond acceptors (Lipinski definition) is 4. The van der Waals surface area contributed by atoms with E-state index in [2.05, 4.69) is 4.90 Å². The van der Waals surface area contributed by atoms with Crippen LogP contribution in [0.1, 0.15) is 24.7 Å². The number of furan rings is 1. The van der Waals surface area contributed by atoms with Gasteiger partial charge in [-0.05, 0) is 25.0 Å². The summed E-state index contributed by atoms with van der Waals surface area (Å²) in [5, 5.41) is 10.0. The first-order valence-electron chi connectivity index (χ1n) is 6.96. The van der Waals surface area contributed by atoms with Crippen molar-refractivity contribution < 1.29 is 14.3 Å². The predicted molar refractivity (Wildman–Crippen MR) is 69.4 cm³/mol. The lowest BCUT2D eigenvalue weighted by Crippen LogP contribution is -2.50. The zero-order chi connectivity index (χ0) is 13.2. The first-order chi connectivity index (χ1) is 9.24. The van der Waals surface area contributed by atoms with Gasteiger partial charge in [0.05, 0.1) is 6.26 Å². The van der Waals surface area contributed by atoms with Crippen molar-refractivity contribution in [1.29, 1.82) is 0 Å². The second-order valence-corrected chi connectivity index (χ2v) is 5.43. The minimum atomic E-state index is -0.583. The van der Waals surface area contributed by atoms with Gasteiger partial charge in [-0.1, -0.05) is 0 Å². The van der Waals surface area contributed by atoms with Crippen LogP contribution < -0.4 is 0 Å². The summed E-state index contributed by atoms with van der Waals surface area (Å²) in [6, 6.07) is 3.57. The number of aliphatic hydroxyl groups is 1. The Morgan fingerprint density at radius 1 is 1.37 bits per heavy atom.